The molecule has 3 heterocycles. The van der Waals surface area contributed by atoms with Crippen molar-refractivity contribution in [1.82, 2.24) is 10.3 Å². The molecule has 1 aromatic rings. The summed E-state index contributed by atoms with van der Waals surface area (Å²) in [5.41, 5.74) is 1.25. The van der Waals surface area contributed by atoms with Crippen LogP contribution in [0.2, 0.25) is 0 Å². The summed E-state index contributed by atoms with van der Waals surface area (Å²) in [6.07, 6.45) is 7.69. The zero-order valence-corrected chi connectivity index (χ0v) is 11.0. The summed E-state index contributed by atoms with van der Waals surface area (Å²) in [5.74, 6) is 0. The summed E-state index contributed by atoms with van der Waals surface area (Å²) >= 11 is 1.80. The van der Waals surface area contributed by atoms with Gasteiger partial charge in [-0.05, 0) is 38.6 Å². The number of hydrogen-bond donors (Lipinski definition) is 1. The van der Waals surface area contributed by atoms with E-state index in [1.165, 1.54) is 42.8 Å². The van der Waals surface area contributed by atoms with Crippen molar-refractivity contribution in [3.63, 3.8) is 0 Å². The largest absolute Gasteiger partial charge is 0.378 e. The van der Waals surface area contributed by atoms with E-state index in [-0.39, 0.29) is 0 Å². The quantitative estimate of drug-likeness (QED) is 0.898. The third-order valence-electron chi connectivity index (χ3n) is 3.66. The molecule has 2 fully saturated rings. The predicted molar refractivity (Wildman–Crippen MR) is 69.4 cm³/mol. The summed E-state index contributed by atoms with van der Waals surface area (Å²) < 4.78 is 5.77. The van der Waals surface area contributed by atoms with Gasteiger partial charge in [0.2, 0.25) is 0 Å². The fourth-order valence-electron chi connectivity index (χ4n) is 2.68. The Kier molecular flexibility index (Phi) is 3.74. The Morgan fingerprint density at radius 2 is 2.35 bits per heavy atom. The maximum absolute atomic E-state index is 5.77. The third-order valence-corrected chi connectivity index (χ3v) is 4.55. The lowest BCUT2D eigenvalue weighted by Crippen LogP contribution is -2.21. The molecule has 0 amide bonds. The summed E-state index contributed by atoms with van der Waals surface area (Å²) in [7, 11) is 0. The second-order valence-electron chi connectivity index (χ2n) is 5.01. The smallest absolute Gasteiger partial charge is 0.0954 e. The van der Waals surface area contributed by atoms with Crippen LogP contribution in [0.25, 0.3) is 0 Å². The molecule has 0 bridgehead atoms. The van der Waals surface area contributed by atoms with E-state index < -0.39 is 0 Å². The maximum atomic E-state index is 5.77. The number of ether oxygens (including phenoxy) is 1. The molecule has 1 aromatic heterocycles. The standard InChI is InChI=1S/C13H20N2OS/c1-2-7-16-10(4-1)8-13-15-12(9-17-13)11-5-3-6-14-11/h9-11,14H,1-8H2/t10?,11-/m0/s1. The van der Waals surface area contributed by atoms with Crippen molar-refractivity contribution in [2.24, 2.45) is 0 Å². The Balaban J connectivity index is 1.59. The molecule has 0 radical (unpaired) electrons. The third kappa shape index (κ3) is 2.87. The Morgan fingerprint density at radius 1 is 1.35 bits per heavy atom. The van der Waals surface area contributed by atoms with E-state index >= 15 is 0 Å². The molecule has 4 heteroatoms. The van der Waals surface area contributed by atoms with E-state index in [0.717, 1.165) is 19.6 Å². The lowest BCUT2D eigenvalue weighted by Gasteiger charge is -2.21. The van der Waals surface area contributed by atoms with E-state index in [1.54, 1.807) is 11.3 Å². The normalized spacial score (nSPS) is 29.6. The number of hydrogen-bond acceptors (Lipinski definition) is 4. The maximum Gasteiger partial charge on any atom is 0.0954 e. The van der Waals surface area contributed by atoms with Crippen molar-refractivity contribution < 1.29 is 4.74 Å². The van der Waals surface area contributed by atoms with E-state index in [9.17, 15) is 0 Å². The molecule has 0 saturated carbocycles. The first-order chi connectivity index (χ1) is 8.42. The highest BCUT2D eigenvalue weighted by Gasteiger charge is 2.20. The Bertz CT molecular complexity index is 354. The second kappa shape index (κ2) is 5.46. The molecule has 0 aromatic carbocycles. The number of aromatic nitrogens is 1. The highest BCUT2D eigenvalue weighted by atomic mass is 32.1. The minimum Gasteiger partial charge on any atom is -0.378 e. The molecule has 2 saturated heterocycles. The molecule has 0 aliphatic carbocycles. The van der Waals surface area contributed by atoms with Crippen LogP contribution in [0.4, 0.5) is 0 Å². The molecule has 0 spiro atoms. The molecule has 1 unspecified atom stereocenters. The van der Waals surface area contributed by atoms with Gasteiger partial charge < -0.3 is 10.1 Å². The van der Waals surface area contributed by atoms with Crippen molar-refractivity contribution >= 4 is 11.3 Å². The molecular weight excluding hydrogens is 232 g/mol. The van der Waals surface area contributed by atoms with Crippen LogP contribution >= 0.6 is 11.3 Å². The topological polar surface area (TPSA) is 34.1 Å². The van der Waals surface area contributed by atoms with E-state index in [2.05, 4.69) is 10.7 Å². The lowest BCUT2D eigenvalue weighted by molar-refractivity contribution is 0.0167. The van der Waals surface area contributed by atoms with Gasteiger partial charge in [-0.3, -0.25) is 0 Å². The van der Waals surface area contributed by atoms with Gasteiger partial charge in [-0.15, -0.1) is 11.3 Å². The molecule has 17 heavy (non-hydrogen) atoms. The number of rotatable bonds is 3. The monoisotopic (exact) mass is 252 g/mol. The molecule has 1 N–H and O–H groups in total. The van der Waals surface area contributed by atoms with Gasteiger partial charge in [0, 0.05) is 18.4 Å². The highest BCUT2D eigenvalue weighted by molar-refractivity contribution is 7.09. The SMILES string of the molecule is c1sc(CC2CCCCO2)nc1[C@@H]1CCCN1. The molecule has 3 rings (SSSR count). The molecular formula is C13H20N2OS. The average molecular weight is 252 g/mol. The van der Waals surface area contributed by atoms with Gasteiger partial charge in [-0.1, -0.05) is 0 Å². The molecule has 2 aliphatic heterocycles. The van der Waals surface area contributed by atoms with E-state index in [1.807, 2.05) is 0 Å². The fraction of sp³-hybridized carbons (Fsp3) is 0.769. The minimum absolute atomic E-state index is 0.416. The van der Waals surface area contributed by atoms with Gasteiger partial charge in [-0.2, -0.15) is 0 Å². The second-order valence-corrected chi connectivity index (χ2v) is 5.95. The number of thiazole rings is 1. The number of nitrogens with zero attached hydrogens (tertiary/aromatic N) is 1. The van der Waals surface area contributed by atoms with Crippen LogP contribution in [0, 0.1) is 0 Å². The fourth-order valence-corrected chi connectivity index (χ4v) is 3.59. The summed E-state index contributed by atoms with van der Waals surface area (Å²) in [5, 5.41) is 6.98. The van der Waals surface area contributed by atoms with E-state index in [4.69, 9.17) is 9.72 Å². The van der Waals surface area contributed by atoms with Gasteiger partial charge in [0.25, 0.3) is 0 Å². The van der Waals surface area contributed by atoms with Crippen LogP contribution in [-0.4, -0.2) is 24.2 Å². The van der Waals surface area contributed by atoms with Crippen LogP contribution in [0.15, 0.2) is 5.38 Å². The van der Waals surface area contributed by atoms with Crippen molar-refractivity contribution in [2.75, 3.05) is 13.2 Å². The van der Waals surface area contributed by atoms with Gasteiger partial charge >= 0.3 is 0 Å². The van der Waals surface area contributed by atoms with Gasteiger partial charge in [0.05, 0.1) is 22.8 Å². The molecule has 2 atom stereocenters. The van der Waals surface area contributed by atoms with Gasteiger partial charge in [-0.25, -0.2) is 4.98 Å². The van der Waals surface area contributed by atoms with E-state index in [0.29, 0.717) is 12.1 Å². The van der Waals surface area contributed by atoms with Crippen LogP contribution in [0.3, 0.4) is 0 Å². The molecule has 3 nitrogen and oxygen atoms in total. The Hall–Kier alpha value is -0.450. The summed E-state index contributed by atoms with van der Waals surface area (Å²) in [6, 6.07) is 0.507. The van der Waals surface area contributed by atoms with Crippen LogP contribution in [-0.2, 0) is 11.2 Å². The minimum atomic E-state index is 0.416. The van der Waals surface area contributed by atoms with Crippen LogP contribution in [0.1, 0.15) is 48.8 Å². The zero-order chi connectivity index (χ0) is 11.5. The zero-order valence-electron chi connectivity index (χ0n) is 10.2. The first kappa shape index (κ1) is 11.6. The number of nitrogens with one attached hydrogen (secondary N) is 1. The first-order valence-corrected chi connectivity index (χ1v) is 7.59. The Labute approximate surface area is 107 Å². The Morgan fingerprint density at radius 3 is 3.12 bits per heavy atom. The lowest BCUT2D eigenvalue weighted by atomic mass is 10.1. The highest BCUT2D eigenvalue weighted by Crippen LogP contribution is 2.26. The molecule has 2 aliphatic rings. The van der Waals surface area contributed by atoms with Crippen LogP contribution in [0.5, 0.6) is 0 Å². The van der Waals surface area contributed by atoms with Crippen molar-refractivity contribution in [3.8, 4) is 0 Å². The first-order valence-electron chi connectivity index (χ1n) is 6.71. The van der Waals surface area contributed by atoms with Gasteiger partial charge in [0.1, 0.15) is 0 Å². The van der Waals surface area contributed by atoms with Crippen molar-refractivity contribution in [3.05, 3.63) is 16.1 Å². The van der Waals surface area contributed by atoms with Crippen molar-refractivity contribution in [1.29, 1.82) is 0 Å². The summed E-state index contributed by atoms with van der Waals surface area (Å²) in [4.78, 5) is 4.76. The van der Waals surface area contributed by atoms with Crippen LogP contribution < -0.4 is 5.32 Å². The van der Waals surface area contributed by atoms with Crippen molar-refractivity contribution in [2.45, 2.75) is 50.7 Å². The summed E-state index contributed by atoms with van der Waals surface area (Å²) in [6.45, 7) is 2.08. The predicted octanol–water partition coefficient (Wildman–Crippen LogP) is 2.68. The average Bonchev–Trinajstić information content (AvgIpc) is 3.00. The molecule has 94 valence electrons. The van der Waals surface area contributed by atoms with Gasteiger partial charge in [0.15, 0.2) is 0 Å².